The zero-order valence-corrected chi connectivity index (χ0v) is 9.78. The second-order valence-corrected chi connectivity index (χ2v) is 4.99. The minimum Gasteiger partial charge on any atom is -0.467 e. The zero-order valence-electron chi connectivity index (χ0n) is 8.88. The van der Waals surface area contributed by atoms with Crippen LogP contribution in [-0.4, -0.2) is 13.2 Å². The standard InChI is InChI=1S/C9H16NO4P/c1-3-13-15(11,14-4-2)9(10)8-6-5-7-12-8/h5-7,9H,3-4,10H2,1-2H3/t9-/m1/s1. The minimum absolute atomic E-state index is 0.283. The van der Waals surface area contributed by atoms with Crippen molar-refractivity contribution < 1.29 is 18.0 Å². The summed E-state index contributed by atoms with van der Waals surface area (Å²) < 4.78 is 27.5. The molecule has 0 amide bonds. The fourth-order valence-corrected chi connectivity index (χ4v) is 2.75. The Labute approximate surface area is 89.1 Å². The molecule has 2 N–H and O–H groups in total. The number of furan rings is 1. The Bertz CT molecular complexity index is 315. The second-order valence-electron chi connectivity index (χ2n) is 2.84. The van der Waals surface area contributed by atoms with Gasteiger partial charge in [0, 0.05) is 0 Å². The first-order chi connectivity index (χ1) is 7.14. The van der Waals surface area contributed by atoms with Crippen LogP contribution in [0.15, 0.2) is 22.8 Å². The molecule has 0 fully saturated rings. The number of hydrogen-bond donors (Lipinski definition) is 1. The van der Waals surface area contributed by atoms with Gasteiger partial charge < -0.3 is 19.2 Å². The van der Waals surface area contributed by atoms with Crippen LogP contribution in [0.3, 0.4) is 0 Å². The summed E-state index contributed by atoms with van der Waals surface area (Å²) in [5.41, 5.74) is 5.78. The maximum absolute atomic E-state index is 12.2. The van der Waals surface area contributed by atoms with Crippen LogP contribution < -0.4 is 5.73 Å². The first-order valence-electron chi connectivity index (χ1n) is 4.81. The first-order valence-corrected chi connectivity index (χ1v) is 6.43. The molecule has 1 aromatic rings. The van der Waals surface area contributed by atoms with Crippen molar-refractivity contribution in [2.24, 2.45) is 5.73 Å². The maximum atomic E-state index is 12.2. The van der Waals surface area contributed by atoms with Crippen LogP contribution in [0.1, 0.15) is 25.4 Å². The molecule has 0 aromatic carbocycles. The van der Waals surface area contributed by atoms with Crippen LogP contribution in [0.25, 0.3) is 0 Å². The Balaban J connectivity index is 2.84. The van der Waals surface area contributed by atoms with E-state index in [2.05, 4.69) is 0 Å². The molecule has 6 heteroatoms. The molecular weight excluding hydrogens is 217 g/mol. The average Bonchev–Trinajstić information content (AvgIpc) is 2.70. The smallest absolute Gasteiger partial charge is 0.354 e. The average molecular weight is 233 g/mol. The Hall–Kier alpha value is -0.610. The van der Waals surface area contributed by atoms with E-state index < -0.39 is 13.4 Å². The van der Waals surface area contributed by atoms with Gasteiger partial charge in [-0.1, -0.05) is 0 Å². The van der Waals surface area contributed by atoms with Crippen LogP contribution in [0.2, 0.25) is 0 Å². The van der Waals surface area contributed by atoms with Gasteiger partial charge in [-0.05, 0) is 26.0 Å². The van der Waals surface area contributed by atoms with Crippen LogP contribution in [-0.2, 0) is 13.6 Å². The van der Waals surface area contributed by atoms with E-state index in [4.69, 9.17) is 19.2 Å². The van der Waals surface area contributed by atoms with E-state index in [-0.39, 0.29) is 13.2 Å². The summed E-state index contributed by atoms with van der Waals surface area (Å²) in [5, 5.41) is 0. The Morgan fingerprint density at radius 1 is 1.47 bits per heavy atom. The third-order valence-electron chi connectivity index (χ3n) is 1.79. The van der Waals surface area contributed by atoms with Gasteiger partial charge in [-0.25, -0.2) is 0 Å². The molecule has 1 aromatic heterocycles. The molecule has 0 unspecified atom stereocenters. The highest BCUT2D eigenvalue weighted by molar-refractivity contribution is 7.54. The quantitative estimate of drug-likeness (QED) is 0.764. The lowest BCUT2D eigenvalue weighted by molar-refractivity contribution is 0.209. The van der Waals surface area contributed by atoms with Gasteiger partial charge in [0.1, 0.15) is 5.76 Å². The molecule has 15 heavy (non-hydrogen) atoms. The molecule has 5 nitrogen and oxygen atoms in total. The summed E-state index contributed by atoms with van der Waals surface area (Å²) in [6.07, 6.45) is 1.47. The van der Waals surface area contributed by atoms with Crippen molar-refractivity contribution in [1.82, 2.24) is 0 Å². The van der Waals surface area contributed by atoms with Crippen molar-refractivity contribution >= 4 is 7.60 Å². The lowest BCUT2D eigenvalue weighted by Crippen LogP contribution is -2.14. The highest BCUT2D eigenvalue weighted by atomic mass is 31.2. The second kappa shape index (κ2) is 5.47. The largest absolute Gasteiger partial charge is 0.467 e. The minimum atomic E-state index is -3.32. The van der Waals surface area contributed by atoms with Gasteiger partial charge in [-0.2, -0.15) is 0 Å². The number of rotatable bonds is 6. The number of nitrogens with two attached hydrogens (primary N) is 1. The Kier molecular flexibility index (Phi) is 4.54. The maximum Gasteiger partial charge on any atom is 0.354 e. The van der Waals surface area contributed by atoms with Gasteiger partial charge in [0.25, 0.3) is 0 Å². The predicted molar refractivity (Wildman–Crippen MR) is 56.5 cm³/mol. The molecule has 86 valence electrons. The monoisotopic (exact) mass is 233 g/mol. The molecule has 0 aliphatic heterocycles. The van der Waals surface area contributed by atoms with Crippen LogP contribution in [0, 0.1) is 0 Å². The van der Waals surface area contributed by atoms with Crippen molar-refractivity contribution in [3.8, 4) is 0 Å². The molecule has 0 saturated heterocycles. The lowest BCUT2D eigenvalue weighted by Gasteiger charge is -2.21. The van der Waals surface area contributed by atoms with E-state index in [1.54, 1.807) is 26.0 Å². The van der Waals surface area contributed by atoms with Crippen molar-refractivity contribution in [2.45, 2.75) is 19.6 Å². The summed E-state index contributed by atoms with van der Waals surface area (Å²) in [6, 6.07) is 3.33. The van der Waals surface area contributed by atoms with Crippen molar-refractivity contribution in [3.63, 3.8) is 0 Å². The van der Waals surface area contributed by atoms with E-state index >= 15 is 0 Å². The van der Waals surface area contributed by atoms with Crippen molar-refractivity contribution in [1.29, 1.82) is 0 Å². The molecule has 0 aliphatic carbocycles. The summed E-state index contributed by atoms with van der Waals surface area (Å²) in [7, 11) is -3.32. The van der Waals surface area contributed by atoms with Crippen LogP contribution in [0.5, 0.6) is 0 Å². The van der Waals surface area contributed by atoms with Crippen molar-refractivity contribution in [2.75, 3.05) is 13.2 Å². The first kappa shape index (κ1) is 12.5. The van der Waals surface area contributed by atoms with E-state index in [9.17, 15) is 4.57 Å². The summed E-state index contributed by atoms with van der Waals surface area (Å²) in [6.45, 7) is 4.04. The molecule has 0 saturated carbocycles. The molecule has 0 spiro atoms. The zero-order chi connectivity index (χ0) is 11.3. The van der Waals surface area contributed by atoms with E-state index in [1.807, 2.05) is 0 Å². The van der Waals surface area contributed by atoms with Gasteiger partial charge in [0.05, 0.1) is 19.5 Å². The molecule has 1 heterocycles. The fraction of sp³-hybridized carbons (Fsp3) is 0.556. The van der Waals surface area contributed by atoms with Gasteiger partial charge in [-0.3, -0.25) is 4.57 Å². The van der Waals surface area contributed by atoms with Gasteiger partial charge in [0.2, 0.25) is 0 Å². The molecule has 1 atom stereocenters. The third kappa shape index (κ3) is 2.92. The van der Waals surface area contributed by atoms with E-state index in [1.165, 1.54) is 6.26 Å². The summed E-state index contributed by atoms with van der Waals surface area (Å²) >= 11 is 0. The lowest BCUT2D eigenvalue weighted by atomic mass is 10.5. The van der Waals surface area contributed by atoms with Gasteiger partial charge >= 0.3 is 7.60 Å². The van der Waals surface area contributed by atoms with Gasteiger partial charge in [0.15, 0.2) is 5.78 Å². The summed E-state index contributed by atoms with van der Waals surface area (Å²) in [4.78, 5) is 0. The van der Waals surface area contributed by atoms with Gasteiger partial charge in [-0.15, -0.1) is 0 Å². The van der Waals surface area contributed by atoms with Crippen LogP contribution >= 0.6 is 7.60 Å². The molecule has 0 bridgehead atoms. The summed E-state index contributed by atoms with van der Waals surface area (Å²) in [5.74, 6) is -0.465. The van der Waals surface area contributed by atoms with Crippen molar-refractivity contribution in [3.05, 3.63) is 24.2 Å². The fourth-order valence-electron chi connectivity index (χ4n) is 1.17. The highest BCUT2D eigenvalue weighted by Crippen LogP contribution is 2.58. The Morgan fingerprint density at radius 3 is 2.47 bits per heavy atom. The van der Waals surface area contributed by atoms with E-state index in [0.717, 1.165) is 0 Å². The topological polar surface area (TPSA) is 74.7 Å². The number of hydrogen-bond acceptors (Lipinski definition) is 5. The molecule has 0 aliphatic rings. The van der Waals surface area contributed by atoms with Crippen LogP contribution in [0.4, 0.5) is 0 Å². The third-order valence-corrected chi connectivity index (χ3v) is 3.97. The predicted octanol–water partition coefficient (Wildman–Crippen LogP) is 2.50. The van der Waals surface area contributed by atoms with E-state index in [0.29, 0.717) is 5.76 Å². The molecule has 0 radical (unpaired) electrons. The molecule has 1 rings (SSSR count). The SMILES string of the molecule is CCOP(=O)(OCC)[C@@H](N)c1ccco1. The Morgan fingerprint density at radius 2 is 2.07 bits per heavy atom. The highest BCUT2D eigenvalue weighted by Gasteiger charge is 2.35. The molecular formula is C9H16NO4P. The normalized spacial score (nSPS) is 14.1.